The van der Waals surface area contributed by atoms with Crippen molar-refractivity contribution in [3.63, 3.8) is 0 Å². The number of aryl methyl sites for hydroxylation is 2. The van der Waals surface area contributed by atoms with E-state index in [4.69, 9.17) is 4.74 Å². The molecule has 0 saturated heterocycles. The van der Waals surface area contributed by atoms with Crippen LogP contribution in [0.2, 0.25) is 0 Å². The molecule has 1 aliphatic carbocycles. The number of amides is 1. The first-order valence-electron chi connectivity index (χ1n) is 7.01. The van der Waals surface area contributed by atoms with E-state index in [0.717, 1.165) is 35.7 Å². The molecule has 106 valence electrons. The lowest BCUT2D eigenvalue weighted by Crippen LogP contribution is -2.18. The number of fused-ring (bicyclic) bond motifs is 2. The minimum atomic E-state index is -0.249. The first-order valence-corrected chi connectivity index (χ1v) is 7.01. The zero-order valence-electron chi connectivity index (χ0n) is 11.6. The lowest BCUT2D eigenvalue weighted by atomic mass is 9.93. The third-order valence-electron chi connectivity index (χ3n) is 3.98. The van der Waals surface area contributed by atoms with E-state index >= 15 is 0 Å². The Morgan fingerprint density at radius 3 is 2.95 bits per heavy atom. The van der Waals surface area contributed by atoms with Crippen LogP contribution in [0.4, 0.5) is 5.69 Å². The first-order chi connectivity index (χ1) is 10.1. The molecular weight excluding hydrogens is 268 g/mol. The van der Waals surface area contributed by atoms with Gasteiger partial charge in [0.2, 0.25) is 0 Å². The highest BCUT2D eigenvalue weighted by Gasteiger charge is 2.28. The molecule has 0 saturated carbocycles. The molecule has 1 amide bonds. The SMILES string of the molecule is Cc1[nH]c2c(c1C(=O)Nc1ccc3c(c1)O3)C(=O)CCC2. The molecule has 2 aromatic rings. The third-order valence-corrected chi connectivity index (χ3v) is 3.98. The Morgan fingerprint density at radius 2 is 2.14 bits per heavy atom. The number of benzene rings is 1. The monoisotopic (exact) mass is 282 g/mol. The highest BCUT2D eigenvalue weighted by atomic mass is 16.6. The second-order valence-electron chi connectivity index (χ2n) is 5.47. The smallest absolute Gasteiger partial charge is 0.258 e. The van der Waals surface area contributed by atoms with Crippen molar-refractivity contribution in [2.75, 3.05) is 5.32 Å². The Hall–Kier alpha value is -2.56. The molecule has 0 atom stereocenters. The largest absolute Gasteiger partial charge is 0.449 e. The molecule has 1 aromatic carbocycles. The molecule has 0 spiro atoms. The van der Waals surface area contributed by atoms with Crippen LogP contribution < -0.4 is 10.1 Å². The van der Waals surface area contributed by atoms with Gasteiger partial charge in [0.25, 0.3) is 5.91 Å². The molecule has 1 aliphatic heterocycles. The lowest BCUT2D eigenvalue weighted by Gasteiger charge is -2.11. The summed E-state index contributed by atoms with van der Waals surface area (Å²) < 4.78 is 5.17. The number of hydrogen-bond donors (Lipinski definition) is 2. The molecule has 2 aliphatic rings. The number of H-pyrrole nitrogens is 1. The van der Waals surface area contributed by atoms with Gasteiger partial charge in [-0.05, 0) is 31.9 Å². The van der Waals surface area contributed by atoms with E-state index in [1.165, 1.54) is 0 Å². The predicted octanol–water partition coefficient (Wildman–Crippen LogP) is 3.20. The van der Waals surface area contributed by atoms with Gasteiger partial charge in [-0.25, -0.2) is 0 Å². The summed E-state index contributed by atoms with van der Waals surface area (Å²) in [6, 6.07) is 5.39. The average Bonchev–Trinajstić information content (AvgIpc) is 3.12. The van der Waals surface area contributed by atoms with E-state index in [0.29, 0.717) is 23.2 Å². The summed E-state index contributed by atoms with van der Waals surface area (Å²) in [5, 5.41) is 2.84. The number of carbonyl (C=O) groups is 2. The number of carbonyl (C=O) groups excluding carboxylic acids is 2. The van der Waals surface area contributed by atoms with Crippen molar-refractivity contribution in [2.24, 2.45) is 0 Å². The number of Topliss-reactive ketones (excluding diaryl/α,β-unsaturated/α-hetero) is 1. The summed E-state index contributed by atoms with van der Waals surface area (Å²) in [6.07, 6.45) is 2.17. The van der Waals surface area contributed by atoms with Gasteiger partial charge < -0.3 is 15.0 Å². The van der Waals surface area contributed by atoms with Crippen molar-refractivity contribution in [2.45, 2.75) is 26.2 Å². The quantitative estimate of drug-likeness (QED) is 0.709. The topological polar surface area (TPSA) is 74.5 Å². The Morgan fingerprint density at radius 1 is 1.29 bits per heavy atom. The zero-order valence-corrected chi connectivity index (χ0v) is 11.6. The van der Waals surface area contributed by atoms with Gasteiger partial charge in [-0.1, -0.05) is 0 Å². The van der Waals surface area contributed by atoms with Crippen molar-refractivity contribution < 1.29 is 14.3 Å². The summed E-state index contributed by atoms with van der Waals surface area (Å²) in [4.78, 5) is 27.8. The van der Waals surface area contributed by atoms with Crippen LogP contribution in [0.25, 0.3) is 0 Å². The number of aromatic amines is 1. The van der Waals surface area contributed by atoms with Crippen LogP contribution in [0.5, 0.6) is 11.5 Å². The maximum absolute atomic E-state index is 12.5. The minimum Gasteiger partial charge on any atom is -0.449 e. The van der Waals surface area contributed by atoms with Crippen LogP contribution in [0, 0.1) is 6.92 Å². The Labute approximate surface area is 121 Å². The van der Waals surface area contributed by atoms with Gasteiger partial charge in [-0.2, -0.15) is 0 Å². The number of rotatable bonds is 2. The van der Waals surface area contributed by atoms with Crippen molar-refractivity contribution in [1.29, 1.82) is 0 Å². The third kappa shape index (κ3) is 1.93. The normalized spacial score (nSPS) is 15.0. The van der Waals surface area contributed by atoms with Crippen LogP contribution in [-0.2, 0) is 6.42 Å². The minimum absolute atomic E-state index is 0.0504. The standard InChI is InChI=1S/C16H14N2O3/c1-8-14(15-10(17-8)3-2-4-11(15)19)16(20)18-9-5-6-12-13(7-9)21-12/h5-7,17H,2-4H2,1H3,(H,18,20). The van der Waals surface area contributed by atoms with Crippen LogP contribution in [0.1, 0.15) is 44.9 Å². The number of hydrogen-bond acceptors (Lipinski definition) is 3. The molecule has 2 N–H and O–H groups in total. The number of anilines is 1. The molecular formula is C16H14N2O3. The summed E-state index contributed by atoms with van der Waals surface area (Å²) in [5.74, 6) is 1.44. The number of ether oxygens (including phenoxy) is 1. The van der Waals surface area contributed by atoms with Gasteiger partial charge in [0, 0.05) is 29.6 Å². The molecule has 4 rings (SSSR count). The second kappa shape index (κ2) is 4.22. The first kappa shape index (κ1) is 12.2. The fourth-order valence-electron chi connectivity index (χ4n) is 2.96. The summed E-state index contributed by atoms with van der Waals surface area (Å²) >= 11 is 0. The summed E-state index contributed by atoms with van der Waals surface area (Å²) in [7, 11) is 0. The van der Waals surface area contributed by atoms with Gasteiger partial charge in [0.1, 0.15) is 0 Å². The Bertz CT molecular complexity index is 789. The van der Waals surface area contributed by atoms with Crippen molar-refractivity contribution in [1.82, 2.24) is 4.98 Å². The predicted molar refractivity (Wildman–Crippen MR) is 77.3 cm³/mol. The highest BCUT2D eigenvalue weighted by molar-refractivity contribution is 6.14. The van der Waals surface area contributed by atoms with Crippen molar-refractivity contribution in [3.05, 3.63) is 40.7 Å². The Kier molecular flexibility index (Phi) is 2.45. The van der Waals surface area contributed by atoms with E-state index < -0.39 is 0 Å². The van der Waals surface area contributed by atoms with Crippen molar-refractivity contribution in [3.8, 4) is 11.5 Å². The number of nitrogens with one attached hydrogen (secondary N) is 2. The van der Waals surface area contributed by atoms with Crippen LogP contribution in [0.15, 0.2) is 18.2 Å². The van der Waals surface area contributed by atoms with Gasteiger partial charge in [0.05, 0.1) is 11.1 Å². The second-order valence-corrected chi connectivity index (χ2v) is 5.47. The van der Waals surface area contributed by atoms with Gasteiger partial charge >= 0.3 is 0 Å². The molecule has 0 fully saturated rings. The van der Waals surface area contributed by atoms with E-state index in [1.807, 2.05) is 13.0 Å². The van der Waals surface area contributed by atoms with Crippen LogP contribution >= 0.6 is 0 Å². The maximum Gasteiger partial charge on any atom is 0.258 e. The molecule has 21 heavy (non-hydrogen) atoms. The lowest BCUT2D eigenvalue weighted by molar-refractivity contribution is 0.0956. The average molecular weight is 282 g/mol. The van der Waals surface area contributed by atoms with Gasteiger partial charge in [-0.3, -0.25) is 9.59 Å². The summed E-state index contributed by atoms with van der Waals surface area (Å²) in [5.41, 5.74) is 3.35. The molecule has 0 radical (unpaired) electrons. The highest BCUT2D eigenvalue weighted by Crippen LogP contribution is 2.46. The van der Waals surface area contributed by atoms with Crippen molar-refractivity contribution >= 4 is 17.4 Å². The molecule has 0 bridgehead atoms. The zero-order chi connectivity index (χ0) is 14.6. The number of ketones is 1. The molecule has 1 aromatic heterocycles. The van der Waals surface area contributed by atoms with E-state index in [9.17, 15) is 9.59 Å². The number of aromatic nitrogens is 1. The van der Waals surface area contributed by atoms with E-state index in [2.05, 4.69) is 10.3 Å². The fourth-order valence-corrected chi connectivity index (χ4v) is 2.96. The molecule has 2 heterocycles. The van der Waals surface area contributed by atoms with Crippen LogP contribution in [-0.4, -0.2) is 16.7 Å². The molecule has 5 nitrogen and oxygen atoms in total. The van der Waals surface area contributed by atoms with Crippen LogP contribution in [0.3, 0.4) is 0 Å². The summed E-state index contributed by atoms with van der Waals surface area (Å²) in [6.45, 7) is 1.83. The van der Waals surface area contributed by atoms with E-state index in [-0.39, 0.29) is 11.7 Å². The fraction of sp³-hybridized carbons (Fsp3) is 0.250. The van der Waals surface area contributed by atoms with Gasteiger partial charge in [0.15, 0.2) is 17.3 Å². The van der Waals surface area contributed by atoms with Gasteiger partial charge in [-0.15, -0.1) is 0 Å². The molecule has 5 heteroatoms. The Balaban J connectivity index is 1.68. The van der Waals surface area contributed by atoms with E-state index in [1.54, 1.807) is 12.1 Å². The molecule has 0 unspecified atom stereocenters. The maximum atomic E-state index is 12.5.